The second-order valence-corrected chi connectivity index (χ2v) is 4.69. The van der Waals surface area contributed by atoms with Crippen molar-refractivity contribution in [2.45, 2.75) is 32.9 Å². The average Bonchev–Trinajstić information content (AvgIpc) is 2.93. The first-order valence-electron chi connectivity index (χ1n) is 5.72. The van der Waals surface area contributed by atoms with Crippen molar-refractivity contribution in [3.63, 3.8) is 0 Å². The van der Waals surface area contributed by atoms with Crippen LogP contribution in [0.2, 0.25) is 0 Å². The summed E-state index contributed by atoms with van der Waals surface area (Å²) >= 11 is 3.43. The summed E-state index contributed by atoms with van der Waals surface area (Å²) in [6.07, 6.45) is 2.54. The molecule has 17 heavy (non-hydrogen) atoms. The number of rotatable bonds is 4. The van der Waals surface area contributed by atoms with Gasteiger partial charge in [-0.15, -0.1) is 0 Å². The molecule has 0 saturated carbocycles. The van der Waals surface area contributed by atoms with Gasteiger partial charge in [0.2, 0.25) is 0 Å². The molecule has 2 N–H and O–H groups in total. The summed E-state index contributed by atoms with van der Waals surface area (Å²) in [4.78, 5) is 0. The van der Waals surface area contributed by atoms with Gasteiger partial charge >= 0.3 is 0 Å². The van der Waals surface area contributed by atoms with E-state index in [0.717, 1.165) is 34.6 Å². The molecule has 0 aliphatic carbocycles. The van der Waals surface area contributed by atoms with Crippen molar-refractivity contribution >= 4 is 15.9 Å². The van der Waals surface area contributed by atoms with E-state index in [1.165, 1.54) is 0 Å². The maximum absolute atomic E-state index is 6.22. The first kappa shape index (κ1) is 12.4. The Morgan fingerprint density at radius 2 is 2.29 bits per heavy atom. The van der Waals surface area contributed by atoms with Crippen LogP contribution in [0.3, 0.4) is 0 Å². The lowest BCUT2D eigenvalue weighted by Crippen LogP contribution is -2.16. The van der Waals surface area contributed by atoms with Crippen LogP contribution in [0.5, 0.6) is 0 Å². The van der Waals surface area contributed by atoms with Crippen molar-refractivity contribution in [2.75, 3.05) is 0 Å². The molecule has 1 unspecified atom stereocenters. The second-order valence-electron chi connectivity index (χ2n) is 3.84. The molecular formula is C12H16BrN3O. The van der Waals surface area contributed by atoms with Crippen molar-refractivity contribution in [3.05, 3.63) is 40.0 Å². The highest BCUT2D eigenvalue weighted by molar-refractivity contribution is 9.10. The Labute approximate surface area is 109 Å². The molecule has 1 atom stereocenters. The number of hydrogen-bond acceptors (Lipinski definition) is 3. The van der Waals surface area contributed by atoms with Crippen LogP contribution in [0.25, 0.3) is 0 Å². The van der Waals surface area contributed by atoms with Crippen LogP contribution in [0.1, 0.15) is 37.0 Å². The molecule has 2 rings (SSSR count). The molecular weight excluding hydrogens is 282 g/mol. The molecule has 2 aromatic rings. The number of nitrogens with zero attached hydrogens (tertiary/aromatic N) is 2. The van der Waals surface area contributed by atoms with E-state index in [1.807, 2.05) is 16.8 Å². The number of halogens is 1. The van der Waals surface area contributed by atoms with Gasteiger partial charge in [0.1, 0.15) is 11.8 Å². The van der Waals surface area contributed by atoms with E-state index >= 15 is 0 Å². The first-order chi connectivity index (χ1) is 8.17. The molecule has 0 saturated heterocycles. The summed E-state index contributed by atoms with van der Waals surface area (Å²) in [6, 6.07) is 3.61. The zero-order chi connectivity index (χ0) is 12.4. The molecule has 0 fully saturated rings. The Morgan fingerprint density at radius 1 is 1.53 bits per heavy atom. The number of aryl methyl sites for hydroxylation is 2. The summed E-state index contributed by atoms with van der Waals surface area (Å²) in [7, 11) is 0. The molecule has 92 valence electrons. The van der Waals surface area contributed by atoms with Gasteiger partial charge in [0, 0.05) is 6.54 Å². The van der Waals surface area contributed by atoms with E-state index in [9.17, 15) is 0 Å². The largest absolute Gasteiger partial charge is 0.466 e. The van der Waals surface area contributed by atoms with E-state index in [0.29, 0.717) is 0 Å². The zero-order valence-electron chi connectivity index (χ0n) is 9.98. The smallest absolute Gasteiger partial charge is 0.140 e. The van der Waals surface area contributed by atoms with Gasteiger partial charge in [-0.1, -0.05) is 6.92 Å². The lowest BCUT2D eigenvalue weighted by Gasteiger charge is -2.11. The van der Waals surface area contributed by atoms with Gasteiger partial charge in [0.25, 0.3) is 0 Å². The third kappa shape index (κ3) is 2.30. The van der Waals surface area contributed by atoms with E-state index < -0.39 is 0 Å². The Balaban J connectivity index is 2.39. The lowest BCUT2D eigenvalue weighted by molar-refractivity contribution is 0.470. The summed E-state index contributed by atoms with van der Waals surface area (Å²) in [5.41, 5.74) is 8.26. The van der Waals surface area contributed by atoms with Crippen LogP contribution >= 0.6 is 15.9 Å². The predicted molar refractivity (Wildman–Crippen MR) is 69.7 cm³/mol. The first-order valence-corrected chi connectivity index (χ1v) is 6.51. The van der Waals surface area contributed by atoms with Gasteiger partial charge in [0.05, 0.1) is 22.1 Å². The molecule has 0 spiro atoms. The van der Waals surface area contributed by atoms with E-state index in [-0.39, 0.29) is 6.04 Å². The third-order valence-electron chi connectivity index (χ3n) is 2.77. The highest BCUT2D eigenvalue weighted by Crippen LogP contribution is 2.28. The Bertz CT molecular complexity index is 504. The normalized spacial score (nSPS) is 12.9. The molecule has 0 radical (unpaired) electrons. The Kier molecular flexibility index (Phi) is 3.69. The highest BCUT2D eigenvalue weighted by Gasteiger charge is 2.20. The average molecular weight is 298 g/mol. The molecule has 0 aromatic carbocycles. The van der Waals surface area contributed by atoms with Crippen molar-refractivity contribution in [2.24, 2.45) is 5.73 Å². The standard InChI is InChI=1S/C12H16BrN3O/c1-3-8-7-10(16(4-2)15-8)11(14)12-9(13)5-6-17-12/h5-7,11H,3-4,14H2,1-2H3. The molecule has 0 bridgehead atoms. The molecule has 4 nitrogen and oxygen atoms in total. The van der Waals surface area contributed by atoms with Crippen molar-refractivity contribution < 1.29 is 4.42 Å². The molecule has 2 aromatic heterocycles. The van der Waals surface area contributed by atoms with Crippen LogP contribution in [-0.2, 0) is 13.0 Å². The van der Waals surface area contributed by atoms with Gasteiger partial charge in [-0.3, -0.25) is 4.68 Å². The van der Waals surface area contributed by atoms with Crippen LogP contribution in [0, 0.1) is 0 Å². The monoisotopic (exact) mass is 297 g/mol. The van der Waals surface area contributed by atoms with E-state index in [2.05, 4.69) is 34.9 Å². The van der Waals surface area contributed by atoms with Crippen molar-refractivity contribution in [1.82, 2.24) is 9.78 Å². The zero-order valence-corrected chi connectivity index (χ0v) is 11.6. The van der Waals surface area contributed by atoms with Crippen LogP contribution in [0.15, 0.2) is 27.3 Å². The molecule has 0 aliphatic rings. The summed E-state index contributed by atoms with van der Waals surface area (Å²) in [5.74, 6) is 0.738. The van der Waals surface area contributed by atoms with Gasteiger partial charge in [-0.2, -0.15) is 5.10 Å². The van der Waals surface area contributed by atoms with Gasteiger partial charge in [0.15, 0.2) is 0 Å². The summed E-state index contributed by atoms with van der Waals surface area (Å²) in [5, 5.41) is 4.49. The molecule has 0 amide bonds. The molecule has 5 heteroatoms. The predicted octanol–water partition coefficient (Wildman–Crippen LogP) is 2.87. The maximum atomic E-state index is 6.22. The minimum absolute atomic E-state index is 0.285. The number of aromatic nitrogens is 2. The second kappa shape index (κ2) is 5.06. The van der Waals surface area contributed by atoms with Gasteiger partial charge < -0.3 is 10.2 Å². The quantitative estimate of drug-likeness (QED) is 0.944. The van der Waals surface area contributed by atoms with Crippen molar-refractivity contribution in [1.29, 1.82) is 0 Å². The number of hydrogen-bond donors (Lipinski definition) is 1. The number of nitrogens with two attached hydrogens (primary N) is 1. The highest BCUT2D eigenvalue weighted by atomic mass is 79.9. The lowest BCUT2D eigenvalue weighted by atomic mass is 10.1. The fraction of sp³-hybridized carbons (Fsp3) is 0.417. The summed E-state index contributed by atoms with van der Waals surface area (Å²) < 4.78 is 8.23. The topological polar surface area (TPSA) is 57.0 Å². The van der Waals surface area contributed by atoms with Crippen LogP contribution in [0.4, 0.5) is 0 Å². The Morgan fingerprint density at radius 3 is 2.82 bits per heavy atom. The van der Waals surface area contributed by atoms with Crippen molar-refractivity contribution in [3.8, 4) is 0 Å². The summed E-state index contributed by atoms with van der Waals surface area (Å²) in [6.45, 7) is 4.95. The third-order valence-corrected chi connectivity index (χ3v) is 3.42. The SMILES string of the molecule is CCc1cc(C(N)c2occc2Br)n(CC)n1. The maximum Gasteiger partial charge on any atom is 0.140 e. The fourth-order valence-corrected chi connectivity index (χ4v) is 2.27. The van der Waals surface area contributed by atoms with Gasteiger partial charge in [-0.25, -0.2) is 0 Å². The van der Waals surface area contributed by atoms with Crippen LogP contribution < -0.4 is 5.73 Å². The van der Waals surface area contributed by atoms with Gasteiger partial charge in [-0.05, 0) is 41.4 Å². The van der Waals surface area contributed by atoms with E-state index in [4.69, 9.17) is 10.2 Å². The molecule has 2 heterocycles. The Hall–Kier alpha value is -1.07. The molecule has 0 aliphatic heterocycles. The van der Waals surface area contributed by atoms with Crippen LogP contribution in [-0.4, -0.2) is 9.78 Å². The minimum Gasteiger partial charge on any atom is -0.466 e. The minimum atomic E-state index is -0.285. The van der Waals surface area contributed by atoms with E-state index in [1.54, 1.807) is 6.26 Å². The number of furan rings is 1. The fourth-order valence-electron chi connectivity index (χ4n) is 1.82.